The fourth-order valence-corrected chi connectivity index (χ4v) is 10.4. The molecule has 11 rings (SSSR count). The molecule has 0 spiro atoms. The number of rotatable bonds is 5. The molecule has 10 aromatic rings. The predicted octanol–water partition coefficient (Wildman–Crippen LogP) is 8.15. The van der Waals surface area contributed by atoms with Gasteiger partial charge in [0.15, 0.2) is 9.84 Å². The van der Waals surface area contributed by atoms with Crippen LogP contribution in [0, 0.1) is 0 Å². The summed E-state index contributed by atoms with van der Waals surface area (Å²) in [4.78, 5) is 33.0. The summed E-state index contributed by atoms with van der Waals surface area (Å²) < 4.78 is 72.6. The minimum Gasteiger partial charge on any atom is -0.813 e. The zero-order valence-electron chi connectivity index (χ0n) is 42.3. The Morgan fingerprint density at radius 2 is 0.885 bits per heavy atom. The first-order valence-corrected chi connectivity index (χ1v) is 37.9. The van der Waals surface area contributed by atoms with E-state index in [0.29, 0.717) is 16.3 Å². The van der Waals surface area contributed by atoms with Crippen molar-refractivity contribution < 1.29 is 124 Å². The second-order valence-corrected chi connectivity index (χ2v) is 28.3. The molecule has 0 bridgehead atoms. The molecule has 0 aromatic heterocycles. The third kappa shape index (κ3) is 23.4. The van der Waals surface area contributed by atoms with Crippen LogP contribution in [0.25, 0.3) is 53.9 Å². The number of alkyl halides is 1. The van der Waals surface area contributed by atoms with Crippen LogP contribution in [0.2, 0.25) is 0 Å². The maximum absolute atomic E-state index is 11.7. The molecule has 1 aliphatic rings. The second-order valence-electron chi connectivity index (χ2n) is 15.7. The van der Waals surface area contributed by atoms with Gasteiger partial charge in [0.05, 0.1) is 10.6 Å². The average molecular weight is 1290 g/mol. The molecule has 10 aromatic carbocycles. The normalized spacial score (nSPS) is 11.3. The molecule has 0 saturated carbocycles. The van der Waals surface area contributed by atoms with Gasteiger partial charge in [0.2, 0.25) is 0 Å². The Labute approximate surface area is 533 Å². The summed E-state index contributed by atoms with van der Waals surface area (Å²) in [6.45, 7) is 2.00. The van der Waals surface area contributed by atoms with Gasteiger partial charge in [-0.25, -0.2) is 13.0 Å². The summed E-state index contributed by atoms with van der Waals surface area (Å²) in [6.07, 6.45) is 0. The first-order valence-electron chi connectivity index (χ1n) is 22.2. The van der Waals surface area contributed by atoms with Crippen molar-refractivity contribution in [2.45, 2.75) is 28.0 Å². The summed E-state index contributed by atoms with van der Waals surface area (Å²) in [5.74, 6) is 1.21. The summed E-state index contributed by atoms with van der Waals surface area (Å²) in [6, 6.07) is 70.0. The number of hydrogen-bond donors (Lipinski definition) is 4. The smallest absolute Gasteiger partial charge is 0.813 e. The molecule has 1 heterocycles. The van der Waals surface area contributed by atoms with Crippen molar-refractivity contribution in [3.63, 3.8) is 0 Å². The second kappa shape index (κ2) is 37.5. The van der Waals surface area contributed by atoms with E-state index >= 15 is 0 Å². The third-order valence-corrected chi connectivity index (χ3v) is 15.5. The van der Waals surface area contributed by atoms with E-state index in [0.717, 1.165) is 32.9 Å². The Morgan fingerprint density at radius 1 is 0.577 bits per heavy atom. The molecule has 1 unspecified atom stereocenters. The quantitative estimate of drug-likeness (QED) is 0.0322. The largest absolute Gasteiger partial charge is 1.00 e. The van der Waals surface area contributed by atoms with Gasteiger partial charge in [0.1, 0.15) is 12.5 Å². The molecular formula is C55H50Cl3Na2O11P2S4Zn+. The molecule has 394 valence electrons. The maximum Gasteiger partial charge on any atom is 1.00 e. The Hall–Kier alpha value is -2.57. The van der Waals surface area contributed by atoms with Crippen molar-refractivity contribution in [3.05, 3.63) is 235 Å². The van der Waals surface area contributed by atoms with Crippen molar-refractivity contribution in [2.75, 3.05) is 0 Å². The number of carbonyl (C=O) groups is 1. The van der Waals surface area contributed by atoms with Gasteiger partial charge in [0.25, 0.3) is 10.1 Å². The van der Waals surface area contributed by atoms with E-state index in [2.05, 4.69) is 128 Å². The summed E-state index contributed by atoms with van der Waals surface area (Å²) in [5, 5.41) is 11.5. The molecule has 0 saturated heterocycles. The van der Waals surface area contributed by atoms with Crippen LogP contribution in [0.5, 0.6) is 0 Å². The minimum atomic E-state index is -4.78. The number of carbonyl (C=O) groups excluding carboxylic acids is 1. The first kappa shape index (κ1) is 73.4. The monoisotopic (exact) mass is 1290 g/mol. The molecule has 23 heteroatoms. The molecule has 1 atom stereocenters. The van der Waals surface area contributed by atoms with Gasteiger partial charge < -0.3 is 23.2 Å². The molecule has 0 fully saturated rings. The van der Waals surface area contributed by atoms with E-state index in [4.69, 9.17) is 50.1 Å². The maximum atomic E-state index is 11.7. The topological polar surface area (TPSA) is 203 Å². The van der Waals surface area contributed by atoms with Crippen LogP contribution in [0.3, 0.4) is 0 Å². The van der Waals surface area contributed by atoms with Crippen molar-refractivity contribution in [1.82, 2.24) is 0 Å². The Kier molecular flexibility index (Phi) is 35.3. The summed E-state index contributed by atoms with van der Waals surface area (Å²) >= 11 is 9.16. The Bertz CT molecular complexity index is 3610. The minimum absolute atomic E-state index is 0. The Morgan fingerprint density at radius 3 is 1.27 bits per heavy atom. The molecule has 78 heavy (non-hydrogen) atoms. The first-order chi connectivity index (χ1) is 35.9. The molecule has 0 amide bonds. The van der Waals surface area contributed by atoms with Gasteiger partial charge in [-0.3, -0.25) is 14.3 Å². The van der Waals surface area contributed by atoms with Crippen LogP contribution >= 0.6 is 58.6 Å². The zero-order valence-corrected chi connectivity index (χ0v) is 56.7. The van der Waals surface area contributed by atoms with E-state index in [1.165, 1.54) is 43.4 Å². The molecular weight excluding hydrogens is 1240 g/mol. The molecule has 0 aliphatic carbocycles. The number of benzene rings is 10. The van der Waals surface area contributed by atoms with Crippen molar-refractivity contribution >= 4 is 153 Å². The summed E-state index contributed by atoms with van der Waals surface area (Å²) in [5.41, 5.74) is 4.06. The molecule has 1 aliphatic heterocycles. The molecule has 3 N–H and O–H groups in total. The van der Waals surface area contributed by atoms with Gasteiger partial charge in [0, 0.05) is 17.0 Å². The third-order valence-electron chi connectivity index (χ3n) is 10.8. The SMILES string of the molecule is C=O.ClCc1cccc2ccccc12.O=S(=O)(O)Cc1cccc2ccccc12.O=S1(=O)Cc2cccc3cccc1c23.O=[P+]([O-])P(=O)(O)O.SCc1cccc2ccccc12.[Cl][Zn][Cl].[Na+].[Na+].[SH-].c1ccc2ccccc2c1. The van der Waals surface area contributed by atoms with E-state index < -0.39 is 50.1 Å². The molecule has 0 radical (unpaired) electrons. The van der Waals surface area contributed by atoms with Gasteiger partial charge in [-0.15, -0.1) is 11.6 Å². The van der Waals surface area contributed by atoms with Gasteiger partial charge >= 0.3 is 109 Å². The van der Waals surface area contributed by atoms with E-state index in [1.807, 2.05) is 79.6 Å². The standard InChI is InChI=1S/C11H9Cl.C11H10O3S.C11H8O2S.C11H10S.C10H8.CH2O.2ClH.2Na.H2O5P2.H2S.Zn/c12-8-10-6-3-5-9-4-1-2-7-11(9)10;12-15(13,14)8-10-6-3-5-9-4-1-2-7-11(9)10;12-14(13)7-9-5-1-3-8-4-2-6-10(14)11(8)9;12-8-10-6-3-5-9-4-1-2-7-11(9)10;1-2-6-10-8-4-3-7-9(10)5-1;1-2;;;;;1-6(2)7(3,4)5;;/h1-7H,8H2;1-7H,8H2,(H,12,13,14);1-6H,7H2;1-7,12H,8H2;1-8H;1H2;2*1H;;;(H2,3,4,5);1H2;/q;;;;;;;;2*+1;;;+2/p-3. The van der Waals surface area contributed by atoms with Gasteiger partial charge in [-0.2, -0.15) is 21.0 Å². The van der Waals surface area contributed by atoms with Crippen LogP contribution in [0.4, 0.5) is 0 Å². The number of halogens is 3. The fourth-order valence-electron chi connectivity index (χ4n) is 7.63. The van der Waals surface area contributed by atoms with Gasteiger partial charge in [-0.05, 0) is 76.8 Å². The summed E-state index contributed by atoms with van der Waals surface area (Å²) in [7, 11) is -5.48. The zero-order chi connectivity index (χ0) is 55.0. The van der Waals surface area contributed by atoms with Crippen LogP contribution in [0.1, 0.15) is 22.3 Å². The number of fused-ring (bicyclic) bond motifs is 4. The van der Waals surface area contributed by atoms with Crippen LogP contribution < -0.4 is 64.0 Å². The van der Waals surface area contributed by atoms with E-state index in [9.17, 15) is 30.9 Å². The number of thiol groups is 2. The molecule has 11 nitrogen and oxygen atoms in total. The van der Waals surface area contributed by atoms with E-state index in [-0.39, 0.29) is 84.1 Å². The van der Waals surface area contributed by atoms with E-state index in [1.54, 1.807) is 24.3 Å². The predicted molar refractivity (Wildman–Crippen MR) is 315 cm³/mol. The van der Waals surface area contributed by atoms with Crippen LogP contribution in [0.15, 0.2) is 217 Å². The van der Waals surface area contributed by atoms with Gasteiger partial charge in [-0.1, -0.05) is 211 Å². The van der Waals surface area contributed by atoms with Crippen LogP contribution in [-0.2, 0) is 85.7 Å². The van der Waals surface area contributed by atoms with Crippen molar-refractivity contribution in [1.29, 1.82) is 0 Å². The van der Waals surface area contributed by atoms with Crippen molar-refractivity contribution in [2.24, 2.45) is 0 Å². The number of hydrogen-bond acceptors (Lipinski definition) is 10. The van der Waals surface area contributed by atoms with Crippen LogP contribution in [-0.4, -0.2) is 38.0 Å². The van der Waals surface area contributed by atoms with Crippen molar-refractivity contribution in [3.8, 4) is 0 Å². The Balaban J connectivity index is 0.000000462. The number of sulfone groups is 1. The average Bonchev–Trinajstić information content (AvgIpc) is 3.76. The fraction of sp³-hybridized carbons (Fsp3) is 0.0727.